The summed E-state index contributed by atoms with van der Waals surface area (Å²) in [5, 5.41) is 7.70. The predicted octanol–water partition coefficient (Wildman–Crippen LogP) is 6.73. The van der Waals surface area contributed by atoms with Crippen LogP contribution in [-0.2, 0) is 31.9 Å². The van der Waals surface area contributed by atoms with Gasteiger partial charge in [0.2, 0.25) is 5.91 Å². The predicted molar refractivity (Wildman–Crippen MR) is 201 cm³/mol. The maximum atomic E-state index is 13.7. The molecule has 278 valence electrons. The van der Waals surface area contributed by atoms with Gasteiger partial charge in [0.05, 0.1) is 12.5 Å². The first-order valence-corrected chi connectivity index (χ1v) is 18.8. The fourth-order valence-corrected chi connectivity index (χ4v) is 6.78. The average Bonchev–Trinajstić information content (AvgIpc) is 3.61. The monoisotopic (exact) mass is 721 g/mol. The summed E-state index contributed by atoms with van der Waals surface area (Å²) >= 11 is 1.23. The van der Waals surface area contributed by atoms with Crippen LogP contribution in [-0.4, -0.2) is 66.0 Å². The van der Waals surface area contributed by atoms with Gasteiger partial charge in [-0.15, -0.1) is 11.3 Å². The third kappa shape index (κ3) is 13.3. The van der Waals surface area contributed by atoms with Crippen LogP contribution in [0.1, 0.15) is 99.4 Å². The fourth-order valence-electron chi connectivity index (χ4n) is 5.95. The topological polar surface area (TPSA) is 153 Å². The lowest BCUT2D eigenvalue weighted by Gasteiger charge is -2.36. The molecule has 0 aliphatic rings. The Bertz CT molecular complexity index is 1530. The smallest absolute Gasteiger partial charge is 0.407 e. The maximum Gasteiger partial charge on any atom is 0.407 e. The summed E-state index contributed by atoms with van der Waals surface area (Å²) in [6, 6.07) is 16.8. The normalized spacial score (nSPS) is 13.5. The molecule has 0 bridgehead atoms. The van der Waals surface area contributed by atoms with Crippen LogP contribution in [0, 0.1) is 11.8 Å². The van der Waals surface area contributed by atoms with Gasteiger partial charge in [0.1, 0.15) is 10.7 Å². The maximum absolute atomic E-state index is 13.7. The molecule has 4 atom stereocenters. The van der Waals surface area contributed by atoms with Gasteiger partial charge in [-0.3, -0.25) is 14.4 Å². The molecule has 4 unspecified atom stereocenters. The minimum absolute atomic E-state index is 0.0284. The Morgan fingerprint density at radius 2 is 1.67 bits per heavy atom. The first-order chi connectivity index (χ1) is 24.4. The summed E-state index contributed by atoms with van der Waals surface area (Å²) in [7, 11) is 1.48. The lowest BCUT2D eigenvalue weighted by atomic mass is 9.94. The molecule has 3 rings (SSSR count). The van der Waals surface area contributed by atoms with E-state index in [1.165, 1.54) is 18.4 Å². The van der Waals surface area contributed by atoms with Crippen molar-refractivity contribution in [1.29, 1.82) is 0 Å². The molecule has 0 fully saturated rings. The number of anilines is 1. The molecule has 1 heterocycles. The Labute approximate surface area is 306 Å². The molecular weight excluding hydrogens is 667 g/mol. The number of rotatable bonds is 20. The number of nitrogens with one attached hydrogen (secondary N) is 2. The minimum atomic E-state index is -0.814. The number of esters is 1. The molecule has 0 aliphatic carbocycles. The Kier molecular flexibility index (Phi) is 16.9. The molecule has 0 radical (unpaired) electrons. The summed E-state index contributed by atoms with van der Waals surface area (Å²) in [4.78, 5) is 59.0. The van der Waals surface area contributed by atoms with Gasteiger partial charge in [-0.05, 0) is 61.8 Å². The number of unbranched alkanes of at least 4 members (excludes halogenated alkanes) is 1. The van der Waals surface area contributed by atoms with E-state index < -0.39 is 24.0 Å². The van der Waals surface area contributed by atoms with Gasteiger partial charge in [-0.1, -0.05) is 76.6 Å². The van der Waals surface area contributed by atoms with Gasteiger partial charge < -0.3 is 30.7 Å². The van der Waals surface area contributed by atoms with E-state index in [-0.39, 0.29) is 42.2 Å². The average molecular weight is 722 g/mol. The lowest BCUT2D eigenvalue weighted by Crippen LogP contribution is -2.45. The highest BCUT2D eigenvalue weighted by Gasteiger charge is 2.33. The molecule has 0 saturated carbocycles. The van der Waals surface area contributed by atoms with Gasteiger partial charge in [0, 0.05) is 49.6 Å². The van der Waals surface area contributed by atoms with E-state index in [0.717, 1.165) is 24.0 Å². The van der Waals surface area contributed by atoms with Crippen LogP contribution in [0.3, 0.4) is 0 Å². The molecule has 4 N–H and O–H groups in total. The fraction of sp³-hybridized carbons (Fsp3) is 0.513. The van der Waals surface area contributed by atoms with E-state index in [4.69, 9.17) is 15.2 Å². The lowest BCUT2D eigenvalue weighted by molar-refractivity contribution is -0.147. The van der Waals surface area contributed by atoms with Crippen molar-refractivity contribution in [1.82, 2.24) is 20.5 Å². The highest BCUT2D eigenvalue weighted by molar-refractivity contribution is 7.09. The molecular formula is C39H55N5O6S. The second kappa shape index (κ2) is 21.0. The van der Waals surface area contributed by atoms with Gasteiger partial charge in [0.25, 0.3) is 5.91 Å². The Balaban J connectivity index is 1.87. The van der Waals surface area contributed by atoms with Gasteiger partial charge in [0.15, 0.2) is 6.10 Å². The molecule has 0 aliphatic heterocycles. The van der Waals surface area contributed by atoms with Crippen LogP contribution in [0.15, 0.2) is 60.0 Å². The number of nitrogen functional groups attached to an aromatic ring is 1. The number of ether oxygens (including phenoxy) is 2. The van der Waals surface area contributed by atoms with Crippen molar-refractivity contribution in [2.45, 2.75) is 97.8 Å². The zero-order valence-corrected chi connectivity index (χ0v) is 31.7. The van der Waals surface area contributed by atoms with Crippen molar-refractivity contribution in [2.75, 3.05) is 25.9 Å². The van der Waals surface area contributed by atoms with Crippen molar-refractivity contribution >= 4 is 40.9 Å². The highest BCUT2D eigenvalue weighted by atomic mass is 32.1. The number of carbonyl (C=O) groups is 4. The summed E-state index contributed by atoms with van der Waals surface area (Å²) in [5.74, 6) is -1.06. The van der Waals surface area contributed by atoms with Crippen molar-refractivity contribution in [3.8, 4) is 0 Å². The van der Waals surface area contributed by atoms with E-state index in [1.54, 1.807) is 19.2 Å². The van der Waals surface area contributed by atoms with Crippen molar-refractivity contribution < 1.29 is 28.7 Å². The van der Waals surface area contributed by atoms with E-state index in [1.807, 2.05) is 59.5 Å². The highest BCUT2D eigenvalue weighted by Crippen LogP contribution is 2.31. The number of nitrogens with two attached hydrogens (primary N) is 1. The number of carbonyl (C=O) groups excluding carboxylic acids is 4. The number of amides is 3. The van der Waals surface area contributed by atoms with Crippen LogP contribution >= 0.6 is 11.3 Å². The number of aromatic nitrogens is 1. The molecule has 12 heteroatoms. The van der Waals surface area contributed by atoms with Gasteiger partial charge >= 0.3 is 12.1 Å². The van der Waals surface area contributed by atoms with Gasteiger partial charge in [-0.2, -0.15) is 0 Å². The van der Waals surface area contributed by atoms with E-state index in [2.05, 4.69) is 36.4 Å². The Hall–Kier alpha value is -4.45. The van der Waals surface area contributed by atoms with E-state index in [0.29, 0.717) is 49.3 Å². The van der Waals surface area contributed by atoms with Crippen molar-refractivity contribution in [3.63, 3.8) is 0 Å². The summed E-state index contributed by atoms with van der Waals surface area (Å²) in [6.45, 7) is 10.5. The summed E-state index contributed by atoms with van der Waals surface area (Å²) in [5.41, 5.74) is 8.84. The third-order valence-corrected chi connectivity index (χ3v) is 9.72. The molecule has 3 amide bonds. The zero-order valence-electron chi connectivity index (χ0n) is 30.9. The van der Waals surface area contributed by atoms with Crippen LogP contribution in [0.5, 0.6) is 0 Å². The minimum Gasteiger partial charge on any atom is -0.466 e. The number of thiazole rings is 1. The quantitative estimate of drug-likeness (QED) is 0.0858. The molecule has 1 aromatic heterocycles. The number of hydrogen-bond acceptors (Lipinski definition) is 9. The van der Waals surface area contributed by atoms with E-state index in [9.17, 15) is 19.2 Å². The first-order valence-electron chi connectivity index (χ1n) is 17.9. The SMILES string of the molecule is CCCCC(=O)N(CCc1ccc(N)cc1)C(CC(OC(=O)NC)c1nc(C(=O)NC(Cc2ccccc2)CC(C)C(=O)OCC)cs1)C(C)C. The second-order valence-electron chi connectivity index (χ2n) is 13.2. The molecule has 11 nitrogen and oxygen atoms in total. The summed E-state index contributed by atoms with van der Waals surface area (Å²) in [6.07, 6.45) is 2.48. The molecule has 0 saturated heterocycles. The molecule has 2 aromatic carbocycles. The van der Waals surface area contributed by atoms with Crippen LogP contribution in [0.25, 0.3) is 0 Å². The third-order valence-electron chi connectivity index (χ3n) is 8.78. The number of nitrogens with zero attached hydrogens (tertiary/aromatic N) is 2. The largest absolute Gasteiger partial charge is 0.466 e. The van der Waals surface area contributed by atoms with Crippen molar-refractivity contribution in [3.05, 3.63) is 81.8 Å². The van der Waals surface area contributed by atoms with Gasteiger partial charge in [-0.25, -0.2) is 9.78 Å². The van der Waals surface area contributed by atoms with Crippen LogP contribution < -0.4 is 16.4 Å². The van der Waals surface area contributed by atoms with Crippen molar-refractivity contribution in [2.24, 2.45) is 11.8 Å². The number of benzene rings is 2. The first kappa shape index (κ1) is 41.0. The Morgan fingerprint density at radius 1 is 0.961 bits per heavy atom. The molecule has 0 spiro atoms. The number of alkyl carbamates (subject to hydrolysis) is 1. The Morgan fingerprint density at radius 3 is 2.29 bits per heavy atom. The second-order valence-corrected chi connectivity index (χ2v) is 14.1. The van der Waals surface area contributed by atoms with E-state index >= 15 is 0 Å². The zero-order chi connectivity index (χ0) is 37.3. The summed E-state index contributed by atoms with van der Waals surface area (Å²) < 4.78 is 11.1. The molecule has 51 heavy (non-hydrogen) atoms. The standard InChI is InChI=1S/C39H55N5O6S/c1-7-9-15-35(45)44(21-20-28-16-18-30(40)19-17-28)33(26(3)4)24-34(50-39(48)41-6)37-43-32(25-51-37)36(46)42-31(22-27(5)38(47)49-8-2)23-29-13-11-10-12-14-29/h10-14,16-19,25-27,31,33-34H,7-9,15,20-24,40H2,1-6H3,(H,41,48)(H,42,46). The van der Waals surface area contributed by atoms with Crippen LogP contribution in [0.2, 0.25) is 0 Å². The van der Waals surface area contributed by atoms with Crippen LogP contribution in [0.4, 0.5) is 10.5 Å². The number of hydrogen-bond donors (Lipinski definition) is 3. The molecule has 3 aromatic rings.